The molecule has 0 bridgehead atoms. The number of hydrogen-bond donors (Lipinski definition) is 1. The summed E-state index contributed by atoms with van der Waals surface area (Å²) in [6, 6.07) is 0.892. The quantitative estimate of drug-likeness (QED) is 0.876. The highest BCUT2D eigenvalue weighted by atomic mass is 19.4. The second-order valence-electron chi connectivity index (χ2n) is 4.71. The summed E-state index contributed by atoms with van der Waals surface area (Å²) in [5, 5.41) is 12.2. The van der Waals surface area contributed by atoms with Crippen molar-refractivity contribution in [3.63, 3.8) is 0 Å². The second-order valence-corrected chi connectivity index (χ2v) is 4.71. The van der Waals surface area contributed by atoms with Gasteiger partial charge in [0.25, 0.3) is 0 Å². The SMILES string of the molecule is CC(C)(C)c1cc(C(F)(F)F)n(CC(=O)O)n1. The molecule has 1 N–H and O–H groups in total. The summed E-state index contributed by atoms with van der Waals surface area (Å²) in [6.07, 6.45) is -4.61. The van der Waals surface area contributed by atoms with E-state index in [9.17, 15) is 18.0 Å². The Morgan fingerprint density at radius 1 is 1.41 bits per heavy atom. The lowest BCUT2D eigenvalue weighted by atomic mass is 9.92. The van der Waals surface area contributed by atoms with Crippen molar-refractivity contribution in [1.29, 1.82) is 0 Å². The molecule has 0 aliphatic carbocycles. The Labute approximate surface area is 96.0 Å². The van der Waals surface area contributed by atoms with Crippen LogP contribution in [0.3, 0.4) is 0 Å². The summed E-state index contributed by atoms with van der Waals surface area (Å²) in [7, 11) is 0. The molecule has 0 amide bonds. The average Bonchev–Trinajstić information content (AvgIpc) is 2.44. The molecule has 0 aromatic carbocycles. The fourth-order valence-electron chi connectivity index (χ4n) is 1.26. The zero-order chi connectivity index (χ0) is 13.4. The summed E-state index contributed by atoms with van der Waals surface area (Å²) in [4.78, 5) is 10.5. The molecule has 0 aliphatic heterocycles. The average molecular weight is 250 g/mol. The van der Waals surface area contributed by atoms with Gasteiger partial charge < -0.3 is 5.11 Å². The third kappa shape index (κ3) is 3.21. The number of aliphatic carboxylic acids is 1. The van der Waals surface area contributed by atoms with Crippen molar-refractivity contribution in [2.45, 2.75) is 38.9 Å². The van der Waals surface area contributed by atoms with E-state index in [4.69, 9.17) is 5.11 Å². The first kappa shape index (κ1) is 13.5. The minimum absolute atomic E-state index is 0.214. The maximum atomic E-state index is 12.6. The van der Waals surface area contributed by atoms with Crippen LogP contribution in [-0.4, -0.2) is 20.9 Å². The highest BCUT2D eigenvalue weighted by Crippen LogP contribution is 2.32. The van der Waals surface area contributed by atoms with E-state index in [2.05, 4.69) is 5.10 Å². The van der Waals surface area contributed by atoms with E-state index < -0.39 is 29.8 Å². The summed E-state index contributed by atoms with van der Waals surface area (Å²) >= 11 is 0. The number of rotatable bonds is 2. The molecule has 0 radical (unpaired) electrons. The molecule has 1 aromatic rings. The predicted molar refractivity (Wildman–Crippen MR) is 53.6 cm³/mol. The van der Waals surface area contributed by atoms with Gasteiger partial charge in [0, 0.05) is 5.41 Å². The van der Waals surface area contributed by atoms with Crippen molar-refractivity contribution < 1.29 is 23.1 Å². The second kappa shape index (κ2) is 4.05. The minimum atomic E-state index is -4.61. The van der Waals surface area contributed by atoms with Crippen LogP contribution in [0.25, 0.3) is 0 Å². The molecule has 1 rings (SSSR count). The Kier molecular flexibility index (Phi) is 3.22. The van der Waals surface area contributed by atoms with Crippen molar-refractivity contribution in [2.75, 3.05) is 0 Å². The van der Waals surface area contributed by atoms with Gasteiger partial charge in [0.2, 0.25) is 0 Å². The fraction of sp³-hybridized carbons (Fsp3) is 0.600. The van der Waals surface area contributed by atoms with Crippen LogP contribution in [0.1, 0.15) is 32.2 Å². The summed E-state index contributed by atoms with van der Waals surface area (Å²) < 4.78 is 38.4. The topological polar surface area (TPSA) is 55.1 Å². The predicted octanol–water partition coefficient (Wildman–Crippen LogP) is 2.28. The molecule has 0 fully saturated rings. The molecule has 0 unspecified atom stereocenters. The molecule has 1 aromatic heterocycles. The molecular weight excluding hydrogens is 237 g/mol. The van der Waals surface area contributed by atoms with Gasteiger partial charge in [-0.1, -0.05) is 20.8 Å². The van der Waals surface area contributed by atoms with E-state index in [1.165, 1.54) is 0 Å². The Balaban J connectivity index is 3.27. The summed E-state index contributed by atoms with van der Waals surface area (Å²) in [5.41, 5.74) is -1.39. The summed E-state index contributed by atoms with van der Waals surface area (Å²) in [6.45, 7) is 4.33. The highest BCUT2D eigenvalue weighted by molar-refractivity contribution is 5.66. The van der Waals surface area contributed by atoms with Gasteiger partial charge in [-0.05, 0) is 6.07 Å². The normalized spacial score (nSPS) is 12.8. The number of carboxylic acid groups (broad SMARTS) is 1. The number of hydrogen-bond acceptors (Lipinski definition) is 2. The highest BCUT2D eigenvalue weighted by Gasteiger charge is 2.37. The third-order valence-corrected chi connectivity index (χ3v) is 2.12. The maximum absolute atomic E-state index is 12.6. The van der Waals surface area contributed by atoms with Crippen LogP contribution in [-0.2, 0) is 22.9 Å². The minimum Gasteiger partial charge on any atom is -0.480 e. The van der Waals surface area contributed by atoms with E-state index in [1.54, 1.807) is 20.8 Å². The maximum Gasteiger partial charge on any atom is 0.433 e. The number of aromatic nitrogens is 2. The first-order valence-corrected chi connectivity index (χ1v) is 4.89. The molecule has 0 saturated heterocycles. The van der Waals surface area contributed by atoms with Crippen molar-refractivity contribution in [3.8, 4) is 0 Å². The van der Waals surface area contributed by atoms with Crippen LogP contribution in [0.5, 0.6) is 0 Å². The molecule has 0 atom stereocenters. The standard InChI is InChI=1S/C10H13F3N2O2/c1-9(2,3)6-4-7(10(11,12)13)15(14-6)5-8(16)17/h4H,5H2,1-3H3,(H,16,17). The van der Waals surface area contributed by atoms with Crippen molar-refractivity contribution in [1.82, 2.24) is 9.78 Å². The van der Waals surface area contributed by atoms with Gasteiger partial charge in [0.15, 0.2) is 0 Å². The molecule has 96 valence electrons. The van der Waals surface area contributed by atoms with Crippen molar-refractivity contribution in [2.24, 2.45) is 0 Å². The van der Waals surface area contributed by atoms with Gasteiger partial charge in [-0.15, -0.1) is 0 Å². The van der Waals surface area contributed by atoms with Gasteiger partial charge in [-0.25, -0.2) is 4.68 Å². The van der Waals surface area contributed by atoms with E-state index in [1.807, 2.05) is 0 Å². The Hall–Kier alpha value is -1.53. The third-order valence-electron chi connectivity index (χ3n) is 2.12. The van der Waals surface area contributed by atoms with Crippen LogP contribution in [0.2, 0.25) is 0 Å². The smallest absolute Gasteiger partial charge is 0.433 e. The first-order valence-electron chi connectivity index (χ1n) is 4.89. The van der Waals surface area contributed by atoms with Gasteiger partial charge in [-0.3, -0.25) is 4.79 Å². The molecule has 0 spiro atoms. The lowest BCUT2D eigenvalue weighted by Crippen LogP contribution is -2.19. The van der Waals surface area contributed by atoms with Gasteiger partial charge in [0.05, 0.1) is 5.69 Å². The van der Waals surface area contributed by atoms with Crippen LogP contribution in [0.15, 0.2) is 6.07 Å². The molecule has 4 nitrogen and oxygen atoms in total. The Bertz CT molecular complexity index is 430. The van der Waals surface area contributed by atoms with Crippen LogP contribution in [0.4, 0.5) is 13.2 Å². The summed E-state index contributed by atoms with van der Waals surface area (Å²) in [5.74, 6) is -1.36. The van der Waals surface area contributed by atoms with E-state index in [0.717, 1.165) is 6.07 Å². The number of alkyl halides is 3. The molecule has 0 saturated carbocycles. The monoisotopic (exact) mass is 250 g/mol. The number of halogens is 3. The van der Waals surface area contributed by atoms with E-state index in [0.29, 0.717) is 4.68 Å². The zero-order valence-electron chi connectivity index (χ0n) is 9.67. The van der Waals surface area contributed by atoms with Gasteiger partial charge >= 0.3 is 12.1 Å². The fourth-order valence-corrected chi connectivity index (χ4v) is 1.26. The largest absolute Gasteiger partial charge is 0.480 e. The number of carbonyl (C=O) groups is 1. The molecule has 17 heavy (non-hydrogen) atoms. The number of nitrogens with zero attached hydrogens (tertiary/aromatic N) is 2. The lowest BCUT2D eigenvalue weighted by molar-refractivity contribution is -0.147. The Morgan fingerprint density at radius 2 is 1.94 bits per heavy atom. The zero-order valence-corrected chi connectivity index (χ0v) is 9.67. The van der Waals surface area contributed by atoms with Gasteiger partial charge in [-0.2, -0.15) is 18.3 Å². The molecule has 0 aliphatic rings. The van der Waals surface area contributed by atoms with Crippen molar-refractivity contribution in [3.05, 3.63) is 17.5 Å². The molecule has 1 heterocycles. The first-order chi connectivity index (χ1) is 7.51. The number of carboxylic acids is 1. The van der Waals surface area contributed by atoms with E-state index in [-0.39, 0.29) is 5.69 Å². The van der Waals surface area contributed by atoms with Crippen LogP contribution < -0.4 is 0 Å². The Morgan fingerprint density at radius 3 is 2.29 bits per heavy atom. The van der Waals surface area contributed by atoms with Gasteiger partial charge in [0.1, 0.15) is 12.2 Å². The lowest BCUT2D eigenvalue weighted by Gasteiger charge is -2.13. The van der Waals surface area contributed by atoms with Crippen LogP contribution >= 0.6 is 0 Å². The van der Waals surface area contributed by atoms with E-state index >= 15 is 0 Å². The van der Waals surface area contributed by atoms with Crippen LogP contribution in [0, 0.1) is 0 Å². The molecule has 7 heteroatoms. The van der Waals surface area contributed by atoms with Crippen molar-refractivity contribution >= 4 is 5.97 Å². The molecular formula is C10H13F3N2O2.